The molecule has 17 heavy (non-hydrogen) atoms. The van der Waals surface area contributed by atoms with Gasteiger partial charge in [-0.2, -0.15) is 0 Å². The average molecular weight is 232 g/mol. The molecular formula is C12H14N3O2+. The highest BCUT2D eigenvalue weighted by Crippen LogP contribution is 2.16. The number of ether oxygens (including phenoxy) is 1. The number of rotatable bonds is 3. The zero-order chi connectivity index (χ0) is 12.3. The van der Waals surface area contributed by atoms with Crippen LogP contribution in [0.1, 0.15) is 6.92 Å². The number of amidine groups is 1. The highest BCUT2D eigenvalue weighted by molar-refractivity contribution is 6.12. The Hall–Kier alpha value is -2.17. The quantitative estimate of drug-likeness (QED) is 0.621. The minimum atomic E-state index is -0.588. The van der Waals surface area contributed by atoms with Gasteiger partial charge in [0.05, 0.1) is 12.8 Å². The number of nitrogens with zero attached hydrogens (tertiary/aromatic N) is 2. The molecule has 0 amide bonds. The summed E-state index contributed by atoms with van der Waals surface area (Å²) in [7, 11) is 0. The first-order chi connectivity index (χ1) is 8.24. The van der Waals surface area contributed by atoms with Crippen molar-refractivity contribution in [3.05, 3.63) is 30.3 Å². The van der Waals surface area contributed by atoms with Gasteiger partial charge in [-0.25, -0.2) is 0 Å². The third kappa shape index (κ3) is 2.18. The minimum Gasteiger partial charge on any atom is -0.465 e. The summed E-state index contributed by atoms with van der Waals surface area (Å²) in [6.07, 6.45) is 1.50. The number of benzene rings is 1. The Kier molecular flexibility index (Phi) is 3.18. The second kappa shape index (κ2) is 4.78. The Bertz CT molecular complexity index is 480. The maximum absolute atomic E-state index is 11.6. The lowest BCUT2D eigenvalue weighted by Gasteiger charge is -2.03. The van der Waals surface area contributed by atoms with E-state index in [2.05, 4.69) is 5.10 Å². The van der Waals surface area contributed by atoms with Gasteiger partial charge >= 0.3 is 5.97 Å². The van der Waals surface area contributed by atoms with E-state index >= 15 is 0 Å². The molecule has 0 aliphatic carbocycles. The summed E-state index contributed by atoms with van der Waals surface area (Å²) in [5.41, 5.74) is 6.73. The molecule has 0 radical (unpaired) electrons. The van der Waals surface area contributed by atoms with E-state index < -0.39 is 5.92 Å². The molecule has 1 aliphatic heterocycles. The topological polar surface area (TPSA) is 67.7 Å². The molecule has 1 aliphatic rings. The van der Waals surface area contributed by atoms with Gasteiger partial charge < -0.3 is 4.74 Å². The number of carbonyl (C=O) groups excluding carboxylic acids is 1. The molecule has 0 bridgehead atoms. The molecule has 88 valence electrons. The highest BCUT2D eigenvalue weighted by atomic mass is 16.5. The summed E-state index contributed by atoms with van der Waals surface area (Å²) < 4.78 is 6.47. The normalized spacial score (nSPS) is 18.5. The van der Waals surface area contributed by atoms with E-state index in [4.69, 9.17) is 10.5 Å². The van der Waals surface area contributed by atoms with Gasteiger partial charge in [-0.05, 0) is 19.1 Å². The standard InChI is InChI=1S/C12H13N3O2/c1-2-17-12(16)10-8-14-15(11(10)13)9-6-4-3-5-7-9/h3-8,10,13H,2H2,1H3/p+1. The zero-order valence-corrected chi connectivity index (χ0v) is 9.54. The van der Waals surface area contributed by atoms with E-state index in [9.17, 15) is 4.79 Å². The molecular weight excluding hydrogens is 218 g/mol. The molecule has 0 fully saturated rings. The molecule has 5 heteroatoms. The molecule has 2 N–H and O–H groups in total. The van der Waals surface area contributed by atoms with Gasteiger partial charge in [0.15, 0.2) is 11.6 Å². The lowest BCUT2D eigenvalue weighted by atomic mass is 10.1. The molecule has 0 saturated carbocycles. The monoisotopic (exact) mass is 232 g/mol. The van der Waals surface area contributed by atoms with Crippen molar-refractivity contribution in [1.82, 2.24) is 0 Å². The second-order valence-electron chi connectivity index (χ2n) is 3.57. The number of hydrazone groups is 1. The Morgan fingerprint density at radius 3 is 2.82 bits per heavy atom. The molecule has 5 nitrogen and oxygen atoms in total. The van der Waals surface area contributed by atoms with Crippen LogP contribution in [0.2, 0.25) is 0 Å². The second-order valence-corrected chi connectivity index (χ2v) is 3.57. The number of hydrogen-bond acceptors (Lipinski definition) is 4. The summed E-state index contributed by atoms with van der Waals surface area (Å²) in [6.45, 7) is 2.09. The largest absolute Gasteiger partial charge is 0.465 e. The number of hydrogen-bond donors (Lipinski definition) is 1. The van der Waals surface area contributed by atoms with Crippen LogP contribution in [0.25, 0.3) is 0 Å². The lowest BCUT2D eigenvalue weighted by molar-refractivity contribution is -0.443. The van der Waals surface area contributed by atoms with Crippen molar-refractivity contribution in [2.75, 3.05) is 6.61 Å². The van der Waals surface area contributed by atoms with Crippen molar-refractivity contribution >= 4 is 23.7 Å². The van der Waals surface area contributed by atoms with Crippen LogP contribution in [0.15, 0.2) is 35.4 Å². The molecule has 0 aromatic heterocycles. The fourth-order valence-corrected chi connectivity index (χ4v) is 1.61. The predicted molar refractivity (Wildman–Crippen MR) is 64.2 cm³/mol. The van der Waals surface area contributed by atoms with Crippen LogP contribution in [0.3, 0.4) is 0 Å². The Balaban J connectivity index is 2.27. The maximum atomic E-state index is 11.6. The highest BCUT2D eigenvalue weighted by Gasteiger charge is 2.34. The Morgan fingerprint density at radius 1 is 1.47 bits per heavy atom. The van der Waals surface area contributed by atoms with Crippen LogP contribution in [-0.2, 0) is 9.53 Å². The summed E-state index contributed by atoms with van der Waals surface area (Å²) in [6, 6.07) is 9.42. The third-order valence-corrected chi connectivity index (χ3v) is 2.44. The molecule has 2 rings (SSSR count). The van der Waals surface area contributed by atoms with Gasteiger partial charge in [-0.1, -0.05) is 23.3 Å². The molecule has 1 unspecified atom stereocenters. The van der Waals surface area contributed by atoms with Crippen LogP contribution in [0, 0.1) is 5.92 Å². The van der Waals surface area contributed by atoms with Gasteiger partial charge in [0.25, 0.3) is 5.84 Å². The molecule has 1 aromatic carbocycles. The first-order valence-corrected chi connectivity index (χ1v) is 5.42. The Labute approximate surface area is 99.2 Å². The summed E-state index contributed by atoms with van der Waals surface area (Å²) >= 11 is 0. The van der Waals surface area contributed by atoms with E-state index in [1.165, 1.54) is 6.21 Å². The fourth-order valence-electron chi connectivity index (χ4n) is 1.61. The minimum absolute atomic E-state index is 0.335. The van der Waals surface area contributed by atoms with Crippen molar-refractivity contribution in [1.29, 1.82) is 0 Å². The van der Waals surface area contributed by atoms with Gasteiger partial charge in [-0.15, -0.1) is 4.68 Å². The SMILES string of the molecule is CCOC(=O)C1C=N[N+](c2ccccc2)=C1N. The van der Waals surface area contributed by atoms with E-state index in [0.717, 1.165) is 5.69 Å². The average Bonchev–Trinajstić information content (AvgIpc) is 2.72. The first kappa shape index (κ1) is 11.3. The molecule has 1 aromatic rings. The third-order valence-electron chi connectivity index (χ3n) is 2.44. The number of carbonyl (C=O) groups is 1. The fraction of sp³-hybridized carbons (Fsp3) is 0.250. The van der Waals surface area contributed by atoms with Gasteiger partial charge in [0, 0.05) is 0 Å². The van der Waals surface area contributed by atoms with Crippen LogP contribution in [0.4, 0.5) is 5.69 Å². The van der Waals surface area contributed by atoms with Crippen molar-refractivity contribution in [2.24, 2.45) is 16.8 Å². The van der Waals surface area contributed by atoms with Gasteiger partial charge in [0.1, 0.15) is 0 Å². The van der Waals surface area contributed by atoms with Crippen molar-refractivity contribution in [3.8, 4) is 0 Å². The van der Waals surface area contributed by atoms with Crippen LogP contribution in [-0.4, -0.2) is 29.3 Å². The smallest absolute Gasteiger partial charge is 0.327 e. The van der Waals surface area contributed by atoms with Crippen LogP contribution < -0.4 is 5.73 Å². The van der Waals surface area contributed by atoms with E-state index in [1.54, 1.807) is 11.6 Å². The zero-order valence-electron chi connectivity index (χ0n) is 9.54. The number of esters is 1. The lowest BCUT2D eigenvalue weighted by Crippen LogP contribution is -2.33. The molecule has 0 spiro atoms. The first-order valence-electron chi connectivity index (χ1n) is 5.42. The van der Waals surface area contributed by atoms with Crippen molar-refractivity contribution in [3.63, 3.8) is 0 Å². The Morgan fingerprint density at radius 2 is 2.18 bits per heavy atom. The predicted octanol–water partition coefficient (Wildman–Crippen LogP) is 0.866. The molecule has 1 atom stereocenters. The van der Waals surface area contributed by atoms with E-state index in [0.29, 0.717) is 12.4 Å². The summed E-state index contributed by atoms with van der Waals surface area (Å²) in [4.78, 5) is 11.6. The van der Waals surface area contributed by atoms with E-state index in [1.807, 2.05) is 30.3 Å². The molecule has 0 saturated heterocycles. The summed E-state index contributed by atoms with van der Waals surface area (Å²) in [5, 5.41) is 4.12. The van der Waals surface area contributed by atoms with Crippen molar-refractivity contribution < 1.29 is 14.2 Å². The summed E-state index contributed by atoms with van der Waals surface area (Å²) in [5.74, 6) is -0.586. The van der Waals surface area contributed by atoms with E-state index in [-0.39, 0.29) is 5.97 Å². The number of para-hydroxylation sites is 1. The number of nitrogens with two attached hydrogens (primary N) is 1. The maximum Gasteiger partial charge on any atom is 0.327 e. The van der Waals surface area contributed by atoms with Crippen LogP contribution >= 0.6 is 0 Å². The van der Waals surface area contributed by atoms with Gasteiger partial charge in [0.2, 0.25) is 0 Å². The van der Waals surface area contributed by atoms with Crippen molar-refractivity contribution in [2.45, 2.75) is 6.92 Å². The van der Waals surface area contributed by atoms with Gasteiger partial charge in [-0.3, -0.25) is 10.5 Å². The molecule has 1 heterocycles. The van der Waals surface area contributed by atoms with Crippen LogP contribution in [0.5, 0.6) is 0 Å².